The molecule has 164 valence electrons. The number of benzene rings is 2. The number of thioether (sulfide) groups is 1. The number of nitrogens with zero attached hydrogens (tertiary/aromatic N) is 4. The number of carbonyl (C=O) groups is 1. The first-order chi connectivity index (χ1) is 15.5. The van der Waals surface area contributed by atoms with Crippen LogP contribution in [0.15, 0.2) is 65.1 Å². The number of ether oxygens (including phenoxy) is 1. The van der Waals surface area contributed by atoms with Crippen LogP contribution in [0.2, 0.25) is 0 Å². The van der Waals surface area contributed by atoms with Crippen LogP contribution in [0.5, 0.6) is 5.75 Å². The standard InChI is InChI=1S/C22H20FN5O3S/c1-3-10-27-20(30)15-6-4-5-7-17(15)28-21(27)25-26-22(28)32-13-19(29)24-12-14-8-9-18(31-2)16(23)11-14/h3-9,11H,1,10,12-13H2,2H3,(H,24,29). The molecule has 32 heavy (non-hydrogen) atoms. The third kappa shape index (κ3) is 4.09. The molecule has 2 heterocycles. The molecule has 8 nitrogen and oxygen atoms in total. The Balaban J connectivity index is 1.53. The van der Waals surface area contributed by atoms with Gasteiger partial charge in [0.25, 0.3) is 5.56 Å². The lowest BCUT2D eigenvalue weighted by Crippen LogP contribution is -2.25. The Morgan fingerprint density at radius 1 is 1.28 bits per heavy atom. The number of methoxy groups -OCH3 is 1. The first-order valence-electron chi connectivity index (χ1n) is 9.73. The molecule has 0 bridgehead atoms. The number of nitrogens with one attached hydrogen (secondary N) is 1. The zero-order valence-corrected chi connectivity index (χ0v) is 18.1. The van der Waals surface area contributed by atoms with Crippen molar-refractivity contribution in [1.29, 1.82) is 0 Å². The third-order valence-electron chi connectivity index (χ3n) is 4.83. The van der Waals surface area contributed by atoms with Crippen LogP contribution in [0.1, 0.15) is 5.56 Å². The summed E-state index contributed by atoms with van der Waals surface area (Å²) in [5, 5.41) is 12.1. The molecular weight excluding hydrogens is 433 g/mol. The number of hydrogen-bond acceptors (Lipinski definition) is 6. The Morgan fingerprint density at radius 2 is 2.09 bits per heavy atom. The second kappa shape index (κ2) is 9.23. The van der Waals surface area contributed by atoms with Crippen molar-refractivity contribution in [3.63, 3.8) is 0 Å². The van der Waals surface area contributed by atoms with Crippen molar-refractivity contribution in [3.8, 4) is 5.75 Å². The van der Waals surface area contributed by atoms with Gasteiger partial charge in [-0.1, -0.05) is 36.0 Å². The monoisotopic (exact) mass is 453 g/mol. The highest BCUT2D eigenvalue weighted by Gasteiger charge is 2.17. The fourth-order valence-corrected chi connectivity index (χ4v) is 4.09. The van der Waals surface area contributed by atoms with E-state index in [1.165, 1.54) is 35.6 Å². The second-order valence-corrected chi connectivity index (χ2v) is 7.82. The van der Waals surface area contributed by atoms with Gasteiger partial charge in [0.15, 0.2) is 16.7 Å². The molecule has 0 aliphatic carbocycles. The topological polar surface area (TPSA) is 90.5 Å². The Kier molecular flexibility index (Phi) is 6.22. The summed E-state index contributed by atoms with van der Waals surface area (Å²) in [5.41, 5.74) is 1.10. The van der Waals surface area contributed by atoms with E-state index in [-0.39, 0.29) is 36.1 Å². The van der Waals surface area contributed by atoms with Gasteiger partial charge >= 0.3 is 0 Å². The number of halogens is 1. The van der Waals surface area contributed by atoms with Crippen LogP contribution < -0.4 is 15.6 Å². The van der Waals surface area contributed by atoms with Gasteiger partial charge < -0.3 is 10.1 Å². The summed E-state index contributed by atoms with van der Waals surface area (Å²) in [6.07, 6.45) is 1.62. The third-order valence-corrected chi connectivity index (χ3v) is 5.76. The van der Waals surface area contributed by atoms with Crippen LogP contribution in [0.25, 0.3) is 16.7 Å². The minimum atomic E-state index is -0.485. The average molecular weight is 453 g/mol. The summed E-state index contributed by atoms with van der Waals surface area (Å²) in [5.74, 6) is -0.122. The van der Waals surface area contributed by atoms with E-state index in [0.29, 0.717) is 27.4 Å². The smallest absolute Gasteiger partial charge is 0.263 e. The molecule has 0 aliphatic rings. The maximum absolute atomic E-state index is 13.8. The summed E-state index contributed by atoms with van der Waals surface area (Å²) in [6.45, 7) is 4.17. The van der Waals surface area contributed by atoms with Gasteiger partial charge in [0, 0.05) is 13.1 Å². The lowest BCUT2D eigenvalue weighted by atomic mass is 10.2. The number of hydrogen-bond donors (Lipinski definition) is 1. The van der Waals surface area contributed by atoms with E-state index in [0.717, 1.165) is 0 Å². The van der Waals surface area contributed by atoms with E-state index in [2.05, 4.69) is 22.1 Å². The van der Waals surface area contributed by atoms with E-state index in [9.17, 15) is 14.0 Å². The van der Waals surface area contributed by atoms with E-state index >= 15 is 0 Å². The van der Waals surface area contributed by atoms with Gasteiger partial charge in [0.05, 0.1) is 23.8 Å². The minimum absolute atomic E-state index is 0.0777. The molecule has 0 saturated heterocycles. The summed E-state index contributed by atoms with van der Waals surface area (Å²) < 4.78 is 22.0. The van der Waals surface area contributed by atoms with Crippen molar-refractivity contribution in [2.75, 3.05) is 12.9 Å². The molecule has 0 saturated carbocycles. The van der Waals surface area contributed by atoms with Gasteiger partial charge in [0.2, 0.25) is 11.7 Å². The summed E-state index contributed by atoms with van der Waals surface area (Å²) in [6, 6.07) is 11.7. The summed E-state index contributed by atoms with van der Waals surface area (Å²) in [7, 11) is 1.39. The van der Waals surface area contributed by atoms with Crippen LogP contribution in [0.4, 0.5) is 4.39 Å². The minimum Gasteiger partial charge on any atom is -0.494 e. The van der Waals surface area contributed by atoms with E-state index in [1.807, 2.05) is 12.1 Å². The van der Waals surface area contributed by atoms with Crippen molar-refractivity contribution in [2.45, 2.75) is 18.2 Å². The van der Waals surface area contributed by atoms with Crippen molar-refractivity contribution >= 4 is 34.3 Å². The molecule has 2 aromatic carbocycles. The van der Waals surface area contributed by atoms with Crippen molar-refractivity contribution in [3.05, 3.63) is 76.9 Å². The Bertz CT molecular complexity index is 1380. The number of rotatable bonds is 8. The van der Waals surface area contributed by atoms with E-state index < -0.39 is 5.82 Å². The maximum Gasteiger partial charge on any atom is 0.263 e. The molecule has 10 heteroatoms. The predicted molar refractivity (Wildman–Crippen MR) is 120 cm³/mol. The Hall–Kier alpha value is -3.66. The van der Waals surface area contributed by atoms with Crippen molar-refractivity contribution < 1.29 is 13.9 Å². The Morgan fingerprint density at radius 3 is 2.84 bits per heavy atom. The van der Waals surface area contributed by atoms with E-state index in [4.69, 9.17) is 4.74 Å². The van der Waals surface area contributed by atoms with Crippen molar-refractivity contribution in [2.24, 2.45) is 0 Å². The number of para-hydroxylation sites is 1. The molecule has 0 unspecified atom stereocenters. The molecule has 4 aromatic rings. The number of carbonyl (C=O) groups excluding carboxylic acids is 1. The quantitative estimate of drug-likeness (QED) is 0.326. The predicted octanol–water partition coefficient (Wildman–Crippen LogP) is 2.79. The SMILES string of the molecule is C=CCn1c(=O)c2ccccc2n2c(SCC(=O)NCc3ccc(OC)c(F)c3)nnc12. The largest absolute Gasteiger partial charge is 0.494 e. The normalized spacial score (nSPS) is 11.1. The molecule has 0 fully saturated rings. The highest BCUT2D eigenvalue weighted by atomic mass is 32.2. The highest BCUT2D eigenvalue weighted by Crippen LogP contribution is 2.22. The fraction of sp³-hybridized carbons (Fsp3) is 0.182. The lowest BCUT2D eigenvalue weighted by Gasteiger charge is -2.10. The Labute approximate surface area is 186 Å². The fourth-order valence-electron chi connectivity index (χ4n) is 3.32. The number of aromatic nitrogens is 4. The van der Waals surface area contributed by atoms with E-state index in [1.54, 1.807) is 28.7 Å². The van der Waals surface area contributed by atoms with Gasteiger partial charge in [0.1, 0.15) is 0 Å². The lowest BCUT2D eigenvalue weighted by molar-refractivity contribution is -0.118. The number of fused-ring (bicyclic) bond motifs is 3. The molecule has 1 N–H and O–H groups in total. The van der Waals surface area contributed by atoms with Crippen LogP contribution in [0, 0.1) is 5.82 Å². The van der Waals surface area contributed by atoms with Gasteiger partial charge in [-0.05, 0) is 29.8 Å². The first-order valence-corrected chi connectivity index (χ1v) is 10.7. The van der Waals surface area contributed by atoms with Crippen LogP contribution in [0.3, 0.4) is 0 Å². The van der Waals surface area contributed by atoms with Crippen LogP contribution in [-0.2, 0) is 17.9 Å². The average Bonchev–Trinajstić information content (AvgIpc) is 3.23. The molecule has 1 amide bonds. The summed E-state index contributed by atoms with van der Waals surface area (Å²) in [4.78, 5) is 25.2. The molecule has 4 rings (SSSR count). The summed E-state index contributed by atoms with van der Waals surface area (Å²) >= 11 is 1.20. The number of allylic oxidation sites excluding steroid dienone is 1. The number of amides is 1. The molecule has 0 spiro atoms. The van der Waals surface area contributed by atoms with Gasteiger partial charge in [-0.2, -0.15) is 0 Å². The zero-order valence-electron chi connectivity index (χ0n) is 17.2. The van der Waals surface area contributed by atoms with Gasteiger partial charge in [-0.15, -0.1) is 16.8 Å². The molecular formula is C22H20FN5O3S. The second-order valence-electron chi connectivity index (χ2n) is 6.87. The molecule has 2 aromatic heterocycles. The maximum atomic E-state index is 13.8. The highest BCUT2D eigenvalue weighted by molar-refractivity contribution is 7.99. The van der Waals surface area contributed by atoms with Gasteiger partial charge in [-0.25, -0.2) is 4.39 Å². The van der Waals surface area contributed by atoms with Crippen LogP contribution in [-0.4, -0.2) is 37.9 Å². The zero-order chi connectivity index (χ0) is 22.7. The molecule has 0 aliphatic heterocycles. The van der Waals surface area contributed by atoms with Gasteiger partial charge in [-0.3, -0.25) is 18.6 Å². The van der Waals surface area contributed by atoms with Crippen molar-refractivity contribution in [1.82, 2.24) is 24.5 Å². The molecule has 0 atom stereocenters. The first kappa shape index (κ1) is 21.6. The molecule has 0 radical (unpaired) electrons. The van der Waals surface area contributed by atoms with Crippen LogP contribution >= 0.6 is 11.8 Å².